The summed E-state index contributed by atoms with van der Waals surface area (Å²) in [6.07, 6.45) is 16.1. The van der Waals surface area contributed by atoms with E-state index in [-0.39, 0.29) is 22.9 Å². The van der Waals surface area contributed by atoms with Crippen molar-refractivity contribution in [2.24, 2.45) is 0 Å². The Morgan fingerprint density at radius 1 is 0.842 bits per heavy atom. The second-order valence-electron chi connectivity index (χ2n) is 10.0. The molecular weight excluding hydrogens is 556 g/mol. The number of unbranched alkanes of at least 4 members (excludes halogenated alkanes) is 11. The lowest BCUT2D eigenvalue weighted by Gasteiger charge is -2.10. The first-order valence-corrected chi connectivity index (χ1v) is 15.2. The lowest BCUT2D eigenvalue weighted by Crippen LogP contribution is -3.00. The molecule has 0 aliphatic carbocycles. The molecule has 0 atom stereocenters. The van der Waals surface area contributed by atoms with Gasteiger partial charge in [0, 0.05) is 23.7 Å². The number of hydrogen-bond donors (Lipinski definition) is 1. The highest BCUT2D eigenvalue weighted by atomic mass is 79.9. The van der Waals surface area contributed by atoms with Gasteiger partial charge in [-0.2, -0.15) is 4.57 Å². The van der Waals surface area contributed by atoms with Gasteiger partial charge >= 0.3 is 0 Å². The zero-order chi connectivity index (χ0) is 26.1. The average molecular weight is 602 g/mol. The molecule has 0 aliphatic rings. The smallest absolute Gasteiger partial charge is 0.256 e. The van der Waals surface area contributed by atoms with Gasteiger partial charge in [-0.05, 0) is 36.8 Å². The molecular formula is C32H45BrN2O2S. The highest BCUT2D eigenvalue weighted by Gasteiger charge is 2.16. The van der Waals surface area contributed by atoms with Crippen molar-refractivity contribution in [3.8, 4) is 5.75 Å². The molecule has 1 aromatic heterocycles. The predicted molar refractivity (Wildman–Crippen MR) is 156 cm³/mol. The van der Waals surface area contributed by atoms with Gasteiger partial charge in [0.1, 0.15) is 5.75 Å². The topological polar surface area (TPSA) is 42.2 Å². The molecule has 6 heteroatoms. The number of anilines is 1. The lowest BCUT2D eigenvalue weighted by atomic mass is 10.1. The second-order valence-corrected chi connectivity index (χ2v) is 10.7. The lowest BCUT2D eigenvalue weighted by molar-refractivity contribution is -0.689. The predicted octanol–water partition coefficient (Wildman–Crippen LogP) is 5.73. The molecule has 1 N–H and O–H groups in total. The van der Waals surface area contributed by atoms with Crippen LogP contribution in [0.4, 0.5) is 5.69 Å². The minimum absolute atomic E-state index is 0. The molecule has 1 heterocycles. The Hall–Kier alpha value is -2.18. The van der Waals surface area contributed by atoms with Gasteiger partial charge in [-0.1, -0.05) is 107 Å². The van der Waals surface area contributed by atoms with Crippen molar-refractivity contribution in [1.82, 2.24) is 0 Å². The molecule has 0 fully saturated rings. The Bertz CT molecular complexity index is 1050. The average Bonchev–Trinajstić information content (AvgIpc) is 3.32. The van der Waals surface area contributed by atoms with Gasteiger partial charge in [-0.15, -0.1) is 0 Å². The van der Waals surface area contributed by atoms with Crippen molar-refractivity contribution in [1.29, 1.82) is 0 Å². The van der Waals surface area contributed by atoms with Crippen molar-refractivity contribution in [3.63, 3.8) is 0 Å². The van der Waals surface area contributed by atoms with Gasteiger partial charge in [-0.3, -0.25) is 4.79 Å². The first-order chi connectivity index (χ1) is 18.2. The Labute approximate surface area is 244 Å². The first kappa shape index (κ1) is 32.0. The van der Waals surface area contributed by atoms with E-state index in [1.165, 1.54) is 76.3 Å². The molecule has 0 spiro atoms. The van der Waals surface area contributed by atoms with E-state index in [1.54, 1.807) is 11.3 Å². The number of aryl methyl sites for hydroxylation is 1. The summed E-state index contributed by atoms with van der Waals surface area (Å²) in [4.78, 5) is 13.0. The standard InChI is InChI=1S/C32H44N2O2S.BrH/c1-3-4-5-6-7-8-9-10-11-12-13-16-23-36-30-21-19-29(20-22-30)33-32(35)31-18-15-14-17-28(31)24-34-26-37-25-27(34)2;/h14-15,17-22,25-26H,3-13,16,23-24H2,1-2H3;1H. The third kappa shape index (κ3) is 11.7. The maximum Gasteiger partial charge on any atom is 0.256 e. The molecule has 1 amide bonds. The first-order valence-electron chi connectivity index (χ1n) is 14.2. The van der Waals surface area contributed by atoms with E-state index < -0.39 is 0 Å². The van der Waals surface area contributed by atoms with Gasteiger partial charge in [0.15, 0.2) is 12.2 Å². The number of thiazole rings is 1. The Morgan fingerprint density at radius 3 is 2.05 bits per heavy atom. The van der Waals surface area contributed by atoms with E-state index >= 15 is 0 Å². The van der Waals surface area contributed by atoms with E-state index in [0.717, 1.165) is 30.0 Å². The Kier molecular flexibility index (Phi) is 16.0. The highest BCUT2D eigenvalue weighted by Crippen LogP contribution is 2.19. The van der Waals surface area contributed by atoms with Crippen LogP contribution in [-0.2, 0) is 6.54 Å². The van der Waals surface area contributed by atoms with Crippen LogP contribution in [0.3, 0.4) is 0 Å². The third-order valence-electron chi connectivity index (χ3n) is 6.86. The van der Waals surface area contributed by atoms with Gasteiger partial charge < -0.3 is 27.0 Å². The minimum Gasteiger partial charge on any atom is -1.00 e. The monoisotopic (exact) mass is 600 g/mol. The molecule has 0 aliphatic heterocycles. The molecule has 0 saturated heterocycles. The minimum atomic E-state index is -0.0887. The Morgan fingerprint density at radius 2 is 1.45 bits per heavy atom. The fourth-order valence-corrected chi connectivity index (χ4v) is 5.33. The molecule has 0 saturated carbocycles. The number of halogens is 1. The normalized spacial score (nSPS) is 10.7. The number of nitrogens with zero attached hydrogens (tertiary/aromatic N) is 1. The molecule has 2 aromatic carbocycles. The quantitative estimate of drug-likeness (QED) is 0.150. The number of amides is 1. The van der Waals surface area contributed by atoms with E-state index in [2.05, 4.69) is 34.6 Å². The number of nitrogens with one attached hydrogen (secondary N) is 1. The summed E-state index contributed by atoms with van der Waals surface area (Å²) in [6, 6.07) is 15.5. The van der Waals surface area contributed by atoms with Crippen LogP contribution in [0, 0.1) is 6.92 Å². The molecule has 4 nitrogen and oxygen atoms in total. The fourth-order valence-electron chi connectivity index (χ4n) is 4.54. The zero-order valence-electron chi connectivity index (χ0n) is 23.2. The molecule has 0 bridgehead atoms. The third-order valence-corrected chi connectivity index (χ3v) is 7.71. The number of aromatic nitrogens is 1. The molecule has 0 radical (unpaired) electrons. The fraction of sp³-hybridized carbons (Fsp3) is 0.500. The van der Waals surface area contributed by atoms with Crippen LogP contribution in [0.15, 0.2) is 59.4 Å². The molecule has 3 aromatic rings. The number of rotatable bonds is 18. The van der Waals surface area contributed by atoms with Crippen molar-refractivity contribution < 1.29 is 31.1 Å². The largest absolute Gasteiger partial charge is 1.00 e. The molecule has 3 rings (SSSR count). The van der Waals surface area contributed by atoms with Crippen LogP contribution in [-0.4, -0.2) is 12.5 Å². The van der Waals surface area contributed by atoms with Crippen LogP contribution in [0.2, 0.25) is 0 Å². The second kappa shape index (κ2) is 19.0. The number of ether oxygens (including phenoxy) is 1. The van der Waals surface area contributed by atoms with Gasteiger partial charge in [-0.25, -0.2) is 0 Å². The molecule has 0 unspecified atom stereocenters. The number of carbonyl (C=O) groups excluding carboxylic acids is 1. The maximum atomic E-state index is 13.0. The van der Waals surface area contributed by atoms with Crippen LogP contribution in [0.1, 0.15) is 106 Å². The van der Waals surface area contributed by atoms with E-state index in [0.29, 0.717) is 12.1 Å². The van der Waals surface area contributed by atoms with Gasteiger partial charge in [0.05, 0.1) is 12.0 Å². The van der Waals surface area contributed by atoms with E-state index in [4.69, 9.17) is 4.74 Å². The van der Waals surface area contributed by atoms with Crippen LogP contribution in [0.25, 0.3) is 0 Å². The maximum absolute atomic E-state index is 13.0. The Balaban J connectivity index is 0.00000507. The van der Waals surface area contributed by atoms with Crippen LogP contribution < -0.4 is 31.6 Å². The zero-order valence-corrected chi connectivity index (χ0v) is 25.6. The van der Waals surface area contributed by atoms with Gasteiger partial charge in [0.2, 0.25) is 5.51 Å². The van der Waals surface area contributed by atoms with E-state index in [9.17, 15) is 4.79 Å². The SMILES string of the molecule is CCCCCCCCCCCCCCOc1ccc(NC(=O)c2ccccc2C[n+]2cscc2C)cc1.[Br-]. The molecule has 38 heavy (non-hydrogen) atoms. The van der Waals surface area contributed by atoms with Crippen LogP contribution >= 0.6 is 11.3 Å². The summed E-state index contributed by atoms with van der Waals surface area (Å²) >= 11 is 1.67. The number of hydrogen-bond acceptors (Lipinski definition) is 3. The summed E-state index contributed by atoms with van der Waals surface area (Å²) in [5.74, 6) is 0.764. The summed E-state index contributed by atoms with van der Waals surface area (Å²) < 4.78 is 8.08. The van der Waals surface area contributed by atoms with Crippen molar-refractivity contribution >= 4 is 22.9 Å². The van der Waals surface area contributed by atoms with Crippen molar-refractivity contribution in [3.05, 3.63) is 76.2 Å². The van der Waals surface area contributed by atoms with E-state index in [1.807, 2.05) is 48.5 Å². The van der Waals surface area contributed by atoms with Crippen molar-refractivity contribution in [2.75, 3.05) is 11.9 Å². The summed E-state index contributed by atoms with van der Waals surface area (Å²) in [6.45, 7) is 5.79. The summed E-state index contributed by atoms with van der Waals surface area (Å²) in [5, 5.41) is 5.15. The summed E-state index contributed by atoms with van der Waals surface area (Å²) in [5.41, 5.74) is 5.76. The number of benzene rings is 2. The molecule has 208 valence electrons. The summed E-state index contributed by atoms with van der Waals surface area (Å²) in [7, 11) is 0. The highest BCUT2D eigenvalue weighted by molar-refractivity contribution is 7.07. The van der Waals surface area contributed by atoms with Gasteiger partial charge in [0.25, 0.3) is 5.91 Å². The van der Waals surface area contributed by atoms with Crippen LogP contribution in [0.5, 0.6) is 5.75 Å². The number of carbonyl (C=O) groups is 1. The van der Waals surface area contributed by atoms with Crippen molar-refractivity contribution in [2.45, 2.75) is 97.4 Å².